The molecule has 0 amide bonds. The Labute approximate surface area is 222 Å². The van der Waals surface area contributed by atoms with E-state index >= 15 is 0 Å². The summed E-state index contributed by atoms with van der Waals surface area (Å²) in [7, 11) is -1.87. The highest BCUT2D eigenvalue weighted by Gasteiger charge is 2.32. The molecule has 1 unspecified atom stereocenters. The molecule has 1 fully saturated rings. The molecule has 0 radical (unpaired) electrons. The molecule has 200 valence electrons. The topological polar surface area (TPSA) is 120 Å². The molecule has 38 heavy (non-hydrogen) atoms. The highest BCUT2D eigenvalue weighted by atomic mass is 32.2. The first-order valence-electron chi connectivity index (χ1n) is 13.3. The smallest absolute Gasteiger partial charge is 0.241 e. The third-order valence-corrected chi connectivity index (χ3v) is 9.08. The Morgan fingerprint density at radius 3 is 2.68 bits per heavy atom. The lowest BCUT2D eigenvalue weighted by Gasteiger charge is -2.29. The number of fused-ring (bicyclic) bond motifs is 2. The van der Waals surface area contributed by atoms with Crippen LogP contribution in [-0.4, -0.2) is 44.5 Å². The lowest BCUT2D eigenvalue weighted by molar-refractivity contribution is 0.441. The van der Waals surface area contributed by atoms with Crippen molar-refractivity contribution in [3.8, 4) is 0 Å². The number of hydrogen-bond donors (Lipinski definition) is 2. The van der Waals surface area contributed by atoms with Crippen molar-refractivity contribution in [1.82, 2.24) is 34.3 Å². The molecule has 1 atom stereocenters. The molecule has 3 aromatic heterocycles. The van der Waals surface area contributed by atoms with Gasteiger partial charge in [0.2, 0.25) is 16.0 Å². The van der Waals surface area contributed by atoms with Gasteiger partial charge in [0.1, 0.15) is 12.1 Å². The molecule has 4 aromatic rings. The highest BCUT2D eigenvalue weighted by molar-refractivity contribution is 7.89. The largest absolute Gasteiger partial charge is 0.309 e. The predicted octanol–water partition coefficient (Wildman–Crippen LogP) is 4.15. The van der Waals surface area contributed by atoms with E-state index in [0.29, 0.717) is 29.7 Å². The second-order valence-corrected chi connectivity index (χ2v) is 12.8. The third-order valence-electron chi connectivity index (χ3n) is 7.53. The van der Waals surface area contributed by atoms with E-state index in [1.54, 1.807) is 11.0 Å². The van der Waals surface area contributed by atoms with Gasteiger partial charge in [-0.25, -0.2) is 13.1 Å². The van der Waals surface area contributed by atoms with Crippen molar-refractivity contribution in [2.24, 2.45) is 13.0 Å². The lowest BCUT2D eigenvalue weighted by Crippen LogP contribution is -2.30. The number of benzene rings is 1. The molecule has 2 aliphatic carbocycles. The molecule has 0 bridgehead atoms. The van der Waals surface area contributed by atoms with Crippen LogP contribution in [0, 0.1) is 12.8 Å². The van der Waals surface area contributed by atoms with Crippen molar-refractivity contribution in [2.75, 3.05) is 11.9 Å². The molecule has 2 N–H and O–H groups in total. The van der Waals surface area contributed by atoms with Crippen molar-refractivity contribution in [3.05, 3.63) is 53.2 Å². The zero-order valence-electron chi connectivity index (χ0n) is 22.3. The van der Waals surface area contributed by atoms with Gasteiger partial charge in [0.25, 0.3) is 0 Å². The number of hydrogen-bond acceptors (Lipinski definition) is 7. The SMILES string of the molecule is Cc1cc(Nc2nncn2C2CCc3cc4cnc(C5CC5)cc4c(S(=O)(=O)NCC(C)C)c3C2)n(C)n1. The molecule has 6 rings (SSSR count). The summed E-state index contributed by atoms with van der Waals surface area (Å²) in [6, 6.07) is 6.11. The van der Waals surface area contributed by atoms with E-state index in [9.17, 15) is 8.42 Å². The molecule has 11 heteroatoms. The Morgan fingerprint density at radius 1 is 1.16 bits per heavy atom. The molecular weight excluding hydrogens is 500 g/mol. The molecule has 3 heterocycles. The number of nitrogens with zero attached hydrogens (tertiary/aromatic N) is 6. The summed E-state index contributed by atoms with van der Waals surface area (Å²) in [5.41, 5.74) is 3.85. The van der Waals surface area contributed by atoms with Gasteiger partial charge in [-0.3, -0.25) is 14.2 Å². The van der Waals surface area contributed by atoms with Gasteiger partial charge in [-0.2, -0.15) is 5.10 Å². The molecule has 0 spiro atoms. The summed E-state index contributed by atoms with van der Waals surface area (Å²) in [4.78, 5) is 5.09. The average Bonchev–Trinajstić information content (AvgIpc) is 3.54. The number of aryl methyl sites for hydroxylation is 3. The van der Waals surface area contributed by atoms with E-state index in [4.69, 9.17) is 0 Å². The van der Waals surface area contributed by atoms with Gasteiger partial charge >= 0.3 is 0 Å². The van der Waals surface area contributed by atoms with Crippen LogP contribution in [0.2, 0.25) is 0 Å². The van der Waals surface area contributed by atoms with Crippen molar-refractivity contribution in [1.29, 1.82) is 0 Å². The zero-order chi connectivity index (χ0) is 26.6. The maximum absolute atomic E-state index is 13.9. The molecule has 0 aliphatic heterocycles. The maximum atomic E-state index is 13.9. The number of sulfonamides is 1. The third kappa shape index (κ3) is 4.69. The van der Waals surface area contributed by atoms with Crippen LogP contribution in [0.4, 0.5) is 11.8 Å². The van der Waals surface area contributed by atoms with Crippen LogP contribution in [0.5, 0.6) is 0 Å². The Hall–Kier alpha value is -3.31. The van der Waals surface area contributed by atoms with Crippen molar-refractivity contribution < 1.29 is 8.42 Å². The van der Waals surface area contributed by atoms with E-state index in [1.165, 1.54) is 0 Å². The first kappa shape index (κ1) is 25.0. The van der Waals surface area contributed by atoms with Crippen LogP contribution in [0.15, 0.2) is 35.6 Å². The number of aromatic nitrogens is 6. The van der Waals surface area contributed by atoms with E-state index in [-0.39, 0.29) is 12.0 Å². The van der Waals surface area contributed by atoms with E-state index in [1.807, 2.05) is 50.7 Å². The van der Waals surface area contributed by atoms with E-state index in [2.05, 4.69) is 36.4 Å². The number of anilines is 2. The Bertz CT molecular complexity index is 1620. The lowest BCUT2D eigenvalue weighted by atomic mass is 9.86. The quantitative estimate of drug-likeness (QED) is 0.348. The minimum Gasteiger partial charge on any atom is -0.309 e. The van der Waals surface area contributed by atoms with Crippen molar-refractivity contribution in [3.63, 3.8) is 0 Å². The zero-order valence-corrected chi connectivity index (χ0v) is 23.1. The predicted molar refractivity (Wildman–Crippen MR) is 146 cm³/mol. The van der Waals surface area contributed by atoms with Crippen LogP contribution in [-0.2, 0) is 29.9 Å². The molecule has 1 saturated carbocycles. The van der Waals surface area contributed by atoms with Gasteiger partial charge < -0.3 is 5.32 Å². The van der Waals surface area contributed by atoms with Gasteiger partial charge in [0, 0.05) is 54.3 Å². The number of pyridine rings is 1. The molecule has 0 saturated heterocycles. The molecular formula is C27H34N8O2S. The second kappa shape index (κ2) is 9.46. The molecule has 1 aromatic carbocycles. The summed E-state index contributed by atoms with van der Waals surface area (Å²) in [6.07, 6.45) is 7.98. The molecule has 10 nitrogen and oxygen atoms in total. The van der Waals surface area contributed by atoms with Crippen LogP contribution < -0.4 is 10.0 Å². The minimum atomic E-state index is -3.74. The Kier molecular flexibility index (Phi) is 6.22. The summed E-state index contributed by atoms with van der Waals surface area (Å²) in [5.74, 6) is 2.07. The standard InChI is InChI=1S/C27H34N8O2S/c1-16(2)13-30-38(36,37)26-22-11-21(35-15-29-32-27(35)31-25-9-17(3)33-34(25)4)8-7-19(22)10-20-14-28-24(12-23(20)26)18-5-6-18/h9-10,12,14-16,18,21,30H,5-8,11,13H2,1-4H3,(H,31,32). The van der Waals surface area contributed by atoms with Crippen molar-refractivity contribution in [2.45, 2.75) is 69.7 Å². The van der Waals surface area contributed by atoms with Crippen molar-refractivity contribution >= 4 is 32.6 Å². The maximum Gasteiger partial charge on any atom is 0.241 e. The van der Waals surface area contributed by atoms with E-state index in [0.717, 1.165) is 64.8 Å². The van der Waals surface area contributed by atoms with Crippen LogP contribution in [0.1, 0.15) is 67.6 Å². The highest BCUT2D eigenvalue weighted by Crippen LogP contribution is 2.42. The van der Waals surface area contributed by atoms with Crippen LogP contribution in [0.25, 0.3) is 10.8 Å². The normalized spacial score (nSPS) is 17.8. The van der Waals surface area contributed by atoms with Gasteiger partial charge in [-0.05, 0) is 68.2 Å². The Morgan fingerprint density at radius 2 is 1.97 bits per heavy atom. The second-order valence-electron chi connectivity index (χ2n) is 11.1. The fourth-order valence-electron chi connectivity index (χ4n) is 5.42. The summed E-state index contributed by atoms with van der Waals surface area (Å²) < 4.78 is 34.4. The number of nitrogens with one attached hydrogen (secondary N) is 2. The van der Waals surface area contributed by atoms with Crippen LogP contribution in [0.3, 0.4) is 0 Å². The summed E-state index contributed by atoms with van der Waals surface area (Å²) in [5, 5.41) is 17.9. The molecule has 2 aliphatic rings. The van der Waals surface area contributed by atoms with Crippen LogP contribution >= 0.6 is 0 Å². The Balaban J connectivity index is 1.42. The first-order valence-corrected chi connectivity index (χ1v) is 14.8. The van der Waals surface area contributed by atoms with Gasteiger partial charge in [0.15, 0.2) is 0 Å². The summed E-state index contributed by atoms with van der Waals surface area (Å²) in [6.45, 7) is 6.35. The van der Waals surface area contributed by atoms with Gasteiger partial charge in [0.05, 0.1) is 10.6 Å². The minimum absolute atomic E-state index is 0.00978. The number of rotatable bonds is 8. The monoisotopic (exact) mass is 534 g/mol. The van der Waals surface area contributed by atoms with E-state index < -0.39 is 10.0 Å². The fourth-order valence-corrected chi connectivity index (χ4v) is 7.12. The fraction of sp³-hybridized carbons (Fsp3) is 0.481. The first-order chi connectivity index (χ1) is 18.2. The van der Waals surface area contributed by atoms with Gasteiger partial charge in [-0.1, -0.05) is 13.8 Å². The summed E-state index contributed by atoms with van der Waals surface area (Å²) >= 11 is 0. The average molecular weight is 535 g/mol. The van der Waals surface area contributed by atoms with Gasteiger partial charge in [-0.15, -0.1) is 10.2 Å².